The Morgan fingerprint density at radius 1 is 1.04 bits per heavy atom. The molecule has 0 spiro atoms. The maximum atomic E-state index is 12.7. The van der Waals surface area contributed by atoms with E-state index in [4.69, 9.17) is 4.74 Å². The Labute approximate surface area is 165 Å². The summed E-state index contributed by atoms with van der Waals surface area (Å²) in [5, 5.41) is 0. The number of carbonyl (C=O) groups excluding carboxylic acids is 2. The van der Waals surface area contributed by atoms with E-state index in [1.54, 1.807) is 11.8 Å². The summed E-state index contributed by atoms with van der Waals surface area (Å²) >= 11 is 0. The minimum atomic E-state index is -0.522. The van der Waals surface area contributed by atoms with Crippen LogP contribution in [0.3, 0.4) is 0 Å². The fourth-order valence-electron chi connectivity index (χ4n) is 4.14. The molecule has 0 aromatic heterocycles. The third kappa shape index (κ3) is 3.75. The van der Waals surface area contributed by atoms with Gasteiger partial charge in [0.05, 0.1) is 5.69 Å². The lowest BCUT2D eigenvalue weighted by Gasteiger charge is -2.35. The summed E-state index contributed by atoms with van der Waals surface area (Å²) in [6.07, 6.45) is 1.80. The average molecular weight is 378 g/mol. The Balaban J connectivity index is 1.34. The van der Waals surface area contributed by atoms with Gasteiger partial charge in [-0.2, -0.15) is 0 Å². The number of piperidine rings is 1. The number of fused-ring (bicyclic) bond motifs is 1. The topological polar surface area (TPSA) is 49.9 Å². The molecule has 2 amide bonds. The van der Waals surface area contributed by atoms with Crippen LogP contribution in [-0.4, -0.2) is 42.5 Å². The van der Waals surface area contributed by atoms with Crippen molar-refractivity contribution >= 4 is 17.5 Å². The first-order valence-electron chi connectivity index (χ1n) is 10.0. The number of hydrogen-bond acceptors (Lipinski definition) is 3. The van der Waals surface area contributed by atoms with Gasteiger partial charge >= 0.3 is 0 Å². The van der Waals surface area contributed by atoms with Crippen LogP contribution in [0.4, 0.5) is 5.69 Å². The molecular weight excluding hydrogens is 352 g/mol. The van der Waals surface area contributed by atoms with Gasteiger partial charge in [0.25, 0.3) is 5.91 Å². The van der Waals surface area contributed by atoms with Crippen molar-refractivity contribution < 1.29 is 14.3 Å². The molecule has 2 aromatic carbocycles. The Morgan fingerprint density at radius 2 is 1.71 bits per heavy atom. The van der Waals surface area contributed by atoms with Crippen LogP contribution in [-0.2, 0) is 9.59 Å². The van der Waals surface area contributed by atoms with E-state index in [-0.39, 0.29) is 11.8 Å². The van der Waals surface area contributed by atoms with Crippen molar-refractivity contribution in [2.45, 2.75) is 38.2 Å². The molecule has 2 aliphatic rings. The maximum absolute atomic E-state index is 12.7. The van der Waals surface area contributed by atoms with Crippen molar-refractivity contribution in [3.05, 3.63) is 60.2 Å². The average Bonchev–Trinajstić information content (AvgIpc) is 2.74. The predicted octanol–water partition coefficient (Wildman–Crippen LogP) is 3.60. The number of para-hydroxylation sites is 2. The Kier molecular flexibility index (Phi) is 5.33. The smallest absolute Gasteiger partial charge is 0.267 e. The van der Waals surface area contributed by atoms with Gasteiger partial charge in [-0.3, -0.25) is 9.59 Å². The summed E-state index contributed by atoms with van der Waals surface area (Å²) < 4.78 is 5.66. The molecule has 2 heterocycles. The first-order chi connectivity index (χ1) is 13.6. The maximum Gasteiger partial charge on any atom is 0.267 e. The number of nitrogens with zero attached hydrogens (tertiary/aromatic N) is 2. The first-order valence-corrected chi connectivity index (χ1v) is 10.0. The summed E-state index contributed by atoms with van der Waals surface area (Å²) in [4.78, 5) is 28.9. The summed E-state index contributed by atoms with van der Waals surface area (Å²) in [5.41, 5.74) is 2.11. The number of ether oxygens (including phenoxy) is 1. The van der Waals surface area contributed by atoms with Crippen molar-refractivity contribution in [3.63, 3.8) is 0 Å². The molecule has 5 nitrogen and oxygen atoms in total. The van der Waals surface area contributed by atoms with E-state index in [0.29, 0.717) is 24.6 Å². The lowest BCUT2D eigenvalue weighted by atomic mass is 9.89. The molecule has 2 aromatic rings. The van der Waals surface area contributed by atoms with Gasteiger partial charge in [-0.15, -0.1) is 0 Å². The predicted molar refractivity (Wildman–Crippen MR) is 108 cm³/mol. The molecule has 0 radical (unpaired) electrons. The minimum absolute atomic E-state index is 0.0886. The fraction of sp³-hybridized carbons (Fsp3) is 0.391. The highest BCUT2D eigenvalue weighted by Gasteiger charge is 2.32. The third-order valence-corrected chi connectivity index (χ3v) is 5.74. The number of rotatable bonds is 4. The van der Waals surface area contributed by atoms with Crippen molar-refractivity contribution in [1.29, 1.82) is 0 Å². The van der Waals surface area contributed by atoms with Crippen LogP contribution < -0.4 is 9.64 Å². The SMILES string of the molecule is CC1Oc2ccccc2N(CCC(=O)N2CCC(c3ccccc3)CC2)C1=O. The van der Waals surface area contributed by atoms with E-state index in [0.717, 1.165) is 31.6 Å². The largest absolute Gasteiger partial charge is 0.479 e. The second kappa shape index (κ2) is 8.05. The van der Waals surface area contributed by atoms with E-state index in [1.807, 2.05) is 35.2 Å². The lowest BCUT2D eigenvalue weighted by molar-refractivity contribution is -0.132. The van der Waals surface area contributed by atoms with Crippen LogP contribution in [0.2, 0.25) is 0 Å². The summed E-state index contributed by atoms with van der Waals surface area (Å²) in [5.74, 6) is 1.26. The van der Waals surface area contributed by atoms with Crippen LogP contribution in [0.1, 0.15) is 37.7 Å². The number of benzene rings is 2. The van der Waals surface area contributed by atoms with Crippen LogP contribution in [0.25, 0.3) is 0 Å². The van der Waals surface area contributed by atoms with Gasteiger partial charge in [0.2, 0.25) is 5.91 Å². The van der Waals surface area contributed by atoms with E-state index in [1.165, 1.54) is 5.56 Å². The van der Waals surface area contributed by atoms with Gasteiger partial charge in [-0.25, -0.2) is 0 Å². The van der Waals surface area contributed by atoms with E-state index in [2.05, 4.69) is 24.3 Å². The molecule has 146 valence electrons. The third-order valence-electron chi connectivity index (χ3n) is 5.74. The van der Waals surface area contributed by atoms with Crippen molar-refractivity contribution in [3.8, 4) is 5.75 Å². The van der Waals surface area contributed by atoms with Gasteiger partial charge in [-0.05, 0) is 43.4 Å². The van der Waals surface area contributed by atoms with E-state index < -0.39 is 6.10 Å². The highest BCUT2D eigenvalue weighted by Crippen LogP contribution is 2.34. The second-order valence-electron chi connectivity index (χ2n) is 7.53. The van der Waals surface area contributed by atoms with Crippen LogP contribution in [0.15, 0.2) is 54.6 Å². The van der Waals surface area contributed by atoms with Crippen LogP contribution in [0.5, 0.6) is 5.75 Å². The standard InChI is InChI=1S/C23H26N2O3/c1-17-23(27)25(20-9-5-6-10-21(20)28-17)16-13-22(26)24-14-11-19(12-15-24)18-7-3-2-4-8-18/h2-10,17,19H,11-16H2,1H3. The zero-order valence-electron chi connectivity index (χ0n) is 16.2. The number of amides is 2. The van der Waals surface area contributed by atoms with Gasteiger partial charge in [-0.1, -0.05) is 42.5 Å². The number of anilines is 1. The molecule has 0 saturated carbocycles. The van der Waals surface area contributed by atoms with Crippen molar-refractivity contribution in [2.24, 2.45) is 0 Å². The molecule has 4 rings (SSSR count). The number of likely N-dealkylation sites (tertiary alicyclic amines) is 1. The molecular formula is C23H26N2O3. The Morgan fingerprint density at radius 3 is 2.46 bits per heavy atom. The molecule has 1 fully saturated rings. The molecule has 5 heteroatoms. The normalized spacial score (nSPS) is 19.9. The van der Waals surface area contributed by atoms with Crippen molar-refractivity contribution in [1.82, 2.24) is 4.90 Å². The summed E-state index contributed by atoms with van der Waals surface area (Å²) in [6, 6.07) is 18.0. The molecule has 1 unspecified atom stereocenters. The highest BCUT2D eigenvalue weighted by molar-refractivity contribution is 6.00. The number of hydrogen-bond donors (Lipinski definition) is 0. The first kappa shape index (κ1) is 18.5. The Hall–Kier alpha value is -2.82. The molecule has 0 N–H and O–H groups in total. The molecule has 1 saturated heterocycles. The quantitative estimate of drug-likeness (QED) is 0.817. The monoisotopic (exact) mass is 378 g/mol. The van der Waals surface area contributed by atoms with E-state index in [9.17, 15) is 9.59 Å². The fourth-order valence-corrected chi connectivity index (χ4v) is 4.14. The molecule has 0 bridgehead atoms. The van der Waals surface area contributed by atoms with E-state index >= 15 is 0 Å². The zero-order chi connectivity index (χ0) is 19.5. The number of carbonyl (C=O) groups is 2. The zero-order valence-corrected chi connectivity index (χ0v) is 16.2. The lowest BCUT2D eigenvalue weighted by Crippen LogP contribution is -2.46. The van der Waals surface area contributed by atoms with Gasteiger partial charge in [0.1, 0.15) is 5.75 Å². The molecule has 1 atom stereocenters. The molecule has 28 heavy (non-hydrogen) atoms. The van der Waals surface area contributed by atoms with Gasteiger partial charge in [0, 0.05) is 26.1 Å². The second-order valence-corrected chi connectivity index (χ2v) is 7.53. The van der Waals surface area contributed by atoms with Crippen LogP contribution >= 0.6 is 0 Å². The molecule has 2 aliphatic heterocycles. The van der Waals surface area contributed by atoms with Gasteiger partial charge in [0.15, 0.2) is 6.10 Å². The minimum Gasteiger partial charge on any atom is -0.479 e. The highest BCUT2D eigenvalue weighted by atomic mass is 16.5. The van der Waals surface area contributed by atoms with Crippen LogP contribution in [0, 0.1) is 0 Å². The Bertz CT molecular complexity index is 844. The summed E-state index contributed by atoms with van der Waals surface area (Å²) in [6.45, 7) is 3.70. The van der Waals surface area contributed by atoms with Gasteiger partial charge < -0.3 is 14.5 Å². The van der Waals surface area contributed by atoms with Crippen molar-refractivity contribution in [2.75, 3.05) is 24.5 Å². The summed E-state index contributed by atoms with van der Waals surface area (Å²) in [7, 11) is 0. The molecule has 0 aliphatic carbocycles.